The highest BCUT2D eigenvalue weighted by atomic mass is 16.5. The van der Waals surface area contributed by atoms with E-state index < -0.39 is 0 Å². The number of amides is 1. The predicted octanol–water partition coefficient (Wildman–Crippen LogP) is 1.18. The van der Waals surface area contributed by atoms with Gasteiger partial charge < -0.3 is 10.1 Å². The van der Waals surface area contributed by atoms with Crippen molar-refractivity contribution in [1.29, 1.82) is 0 Å². The van der Waals surface area contributed by atoms with Crippen LogP contribution < -0.4 is 5.32 Å². The van der Waals surface area contributed by atoms with Crippen molar-refractivity contribution >= 4 is 5.91 Å². The second-order valence-electron chi connectivity index (χ2n) is 2.06. The molecule has 11 heavy (non-hydrogen) atoms. The average molecular weight is 161 g/mol. The van der Waals surface area contributed by atoms with E-state index in [1.165, 1.54) is 6.92 Å². The fraction of sp³-hybridized carbons (Fsp3) is 0.875. The molecule has 0 bridgehead atoms. The third kappa shape index (κ3) is 12.6. The van der Waals surface area contributed by atoms with Crippen molar-refractivity contribution in [3.63, 3.8) is 0 Å². The van der Waals surface area contributed by atoms with Crippen LogP contribution in [0.4, 0.5) is 0 Å². The number of ether oxygens (including phenoxy) is 1. The van der Waals surface area contributed by atoms with Gasteiger partial charge in [-0.05, 0) is 6.92 Å². The number of nitrogens with one attached hydrogen (secondary N) is 1. The zero-order valence-electron chi connectivity index (χ0n) is 8.10. The third-order valence-corrected chi connectivity index (χ3v) is 0.866. The molecule has 0 aliphatic carbocycles. The molecular weight excluding hydrogens is 142 g/mol. The van der Waals surface area contributed by atoms with Gasteiger partial charge in [-0.1, -0.05) is 13.8 Å². The molecule has 0 aromatic carbocycles. The number of hydrogen-bond acceptors (Lipinski definition) is 2. The Morgan fingerprint density at radius 2 is 2.00 bits per heavy atom. The van der Waals surface area contributed by atoms with Gasteiger partial charge in [-0.25, -0.2) is 0 Å². The van der Waals surface area contributed by atoms with E-state index in [-0.39, 0.29) is 11.9 Å². The van der Waals surface area contributed by atoms with E-state index in [0.29, 0.717) is 6.61 Å². The summed E-state index contributed by atoms with van der Waals surface area (Å²) in [4.78, 5) is 10.4. The fourth-order valence-electron chi connectivity index (χ4n) is 0.639. The van der Waals surface area contributed by atoms with Gasteiger partial charge in [0.15, 0.2) is 0 Å². The van der Waals surface area contributed by atoms with Gasteiger partial charge in [0.1, 0.15) is 0 Å². The van der Waals surface area contributed by atoms with Crippen molar-refractivity contribution in [2.24, 2.45) is 0 Å². The molecule has 1 amide bonds. The number of carbonyl (C=O) groups is 1. The Balaban J connectivity index is 0. The van der Waals surface area contributed by atoms with Crippen LogP contribution in [-0.2, 0) is 9.53 Å². The van der Waals surface area contributed by atoms with Gasteiger partial charge in [-0.15, -0.1) is 0 Å². The van der Waals surface area contributed by atoms with Crippen LogP contribution in [0, 0.1) is 0 Å². The molecule has 0 aromatic heterocycles. The predicted molar refractivity (Wildman–Crippen MR) is 46.5 cm³/mol. The lowest BCUT2D eigenvalue weighted by Gasteiger charge is -2.09. The maximum absolute atomic E-state index is 10.4. The Kier molecular flexibility index (Phi) is 11.2. The lowest BCUT2D eigenvalue weighted by molar-refractivity contribution is -0.119. The number of carbonyl (C=O) groups excluding carboxylic acids is 1. The summed E-state index contributed by atoms with van der Waals surface area (Å²) in [5.41, 5.74) is 0. The van der Waals surface area contributed by atoms with Gasteiger partial charge >= 0.3 is 0 Å². The molecule has 0 unspecified atom stereocenters. The maximum atomic E-state index is 10.4. The lowest BCUT2D eigenvalue weighted by Crippen LogP contribution is -2.33. The molecule has 0 fully saturated rings. The van der Waals surface area contributed by atoms with Crippen molar-refractivity contribution in [3.8, 4) is 0 Å². The summed E-state index contributed by atoms with van der Waals surface area (Å²) in [6.07, 6.45) is 0. The minimum absolute atomic E-state index is 0.0143. The van der Waals surface area contributed by atoms with Gasteiger partial charge in [-0.2, -0.15) is 0 Å². The van der Waals surface area contributed by atoms with Crippen LogP contribution in [0.15, 0.2) is 0 Å². The normalized spacial score (nSPS) is 11.0. The number of methoxy groups -OCH3 is 1. The van der Waals surface area contributed by atoms with E-state index in [1.807, 2.05) is 20.8 Å². The second-order valence-corrected chi connectivity index (χ2v) is 2.06. The van der Waals surface area contributed by atoms with Crippen LogP contribution in [0.2, 0.25) is 0 Å². The molecule has 0 saturated carbocycles. The molecule has 0 radical (unpaired) electrons. The Morgan fingerprint density at radius 3 is 2.27 bits per heavy atom. The molecule has 1 atom stereocenters. The standard InChI is InChI=1S/C6H13NO2.C2H6/c1-5(4-9-3)7-6(2)8;1-2/h5H,4H2,1-3H3,(H,7,8);1-2H3/t5-;/m0./s1. The topological polar surface area (TPSA) is 38.3 Å². The van der Waals surface area contributed by atoms with E-state index in [1.54, 1.807) is 7.11 Å². The second kappa shape index (κ2) is 9.43. The zero-order chi connectivity index (χ0) is 9.28. The van der Waals surface area contributed by atoms with Crippen LogP contribution in [-0.4, -0.2) is 25.7 Å². The molecule has 0 aromatic rings. The van der Waals surface area contributed by atoms with Gasteiger partial charge in [0.25, 0.3) is 0 Å². The summed E-state index contributed by atoms with van der Waals surface area (Å²) in [5.74, 6) is -0.0143. The highest BCUT2D eigenvalue weighted by molar-refractivity contribution is 5.73. The van der Waals surface area contributed by atoms with Crippen LogP contribution in [0.1, 0.15) is 27.7 Å². The molecule has 0 spiro atoms. The molecule has 3 heteroatoms. The van der Waals surface area contributed by atoms with Crippen molar-refractivity contribution in [2.45, 2.75) is 33.7 Å². The smallest absolute Gasteiger partial charge is 0.217 e. The van der Waals surface area contributed by atoms with Crippen molar-refractivity contribution in [2.75, 3.05) is 13.7 Å². The largest absolute Gasteiger partial charge is 0.383 e. The Hall–Kier alpha value is -0.570. The molecule has 1 N–H and O–H groups in total. The van der Waals surface area contributed by atoms with E-state index in [4.69, 9.17) is 4.74 Å². The summed E-state index contributed by atoms with van der Waals surface area (Å²) < 4.78 is 4.79. The summed E-state index contributed by atoms with van der Waals surface area (Å²) in [6.45, 7) is 7.96. The first kappa shape index (κ1) is 13.1. The average Bonchev–Trinajstić information content (AvgIpc) is 1.91. The van der Waals surface area contributed by atoms with E-state index in [9.17, 15) is 4.79 Å². The molecule has 0 aliphatic heterocycles. The third-order valence-electron chi connectivity index (χ3n) is 0.866. The first-order valence-corrected chi connectivity index (χ1v) is 3.93. The quantitative estimate of drug-likeness (QED) is 0.675. The van der Waals surface area contributed by atoms with Gasteiger partial charge in [0, 0.05) is 20.1 Å². The Labute approximate surface area is 69.1 Å². The minimum atomic E-state index is -0.0143. The van der Waals surface area contributed by atoms with Crippen LogP contribution in [0.5, 0.6) is 0 Å². The van der Waals surface area contributed by atoms with Crippen LogP contribution in [0.25, 0.3) is 0 Å². The van der Waals surface area contributed by atoms with Crippen molar-refractivity contribution in [3.05, 3.63) is 0 Å². The Morgan fingerprint density at radius 1 is 1.55 bits per heavy atom. The molecule has 0 heterocycles. The van der Waals surface area contributed by atoms with Gasteiger partial charge in [0.05, 0.1) is 6.61 Å². The van der Waals surface area contributed by atoms with Crippen LogP contribution >= 0.6 is 0 Å². The first-order chi connectivity index (χ1) is 5.16. The summed E-state index contributed by atoms with van der Waals surface area (Å²) in [6, 6.07) is 0.118. The molecule has 0 rings (SSSR count). The lowest BCUT2D eigenvalue weighted by atomic mass is 10.3. The molecule has 3 nitrogen and oxygen atoms in total. The van der Waals surface area contributed by atoms with Gasteiger partial charge in [-0.3, -0.25) is 4.79 Å². The summed E-state index contributed by atoms with van der Waals surface area (Å²) in [7, 11) is 1.61. The van der Waals surface area contributed by atoms with E-state index in [0.717, 1.165) is 0 Å². The monoisotopic (exact) mass is 161 g/mol. The summed E-state index contributed by atoms with van der Waals surface area (Å²) in [5, 5.41) is 2.68. The van der Waals surface area contributed by atoms with E-state index in [2.05, 4.69) is 5.32 Å². The number of rotatable bonds is 3. The SMILES string of the molecule is CC.COC[C@H](C)NC(C)=O. The maximum Gasteiger partial charge on any atom is 0.217 e. The molecule has 0 saturated heterocycles. The molecule has 0 aliphatic rings. The molecular formula is C8H19NO2. The number of hydrogen-bond donors (Lipinski definition) is 1. The Bertz CT molecular complexity index is 94.1. The molecule has 68 valence electrons. The van der Waals surface area contributed by atoms with E-state index >= 15 is 0 Å². The minimum Gasteiger partial charge on any atom is -0.383 e. The van der Waals surface area contributed by atoms with Crippen LogP contribution in [0.3, 0.4) is 0 Å². The highest BCUT2D eigenvalue weighted by Gasteiger charge is 1.99. The van der Waals surface area contributed by atoms with Crippen molar-refractivity contribution < 1.29 is 9.53 Å². The fourth-order valence-corrected chi connectivity index (χ4v) is 0.639. The van der Waals surface area contributed by atoms with Gasteiger partial charge in [0.2, 0.25) is 5.91 Å². The zero-order valence-corrected chi connectivity index (χ0v) is 8.10. The highest BCUT2D eigenvalue weighted by Crippen LogP contribution is 1.80. The summed E-state index contributed by atoms with van der Waals surface area (Å²) >= 11 is 0. The first-order valence-electron chi connectivity index (χ1n) is 3.93. The van der Waals surface area contributed by atoms with Crippen molar-refractivity contribution in [1.82, 2.24) is 5.32 Å².